The SMILES string of the molecule is CNC1=CC=CCC1C(=N)c1ccc(-c2ccccc2)cc1. The number of hydrogen-bond acceptors (Lipinski definition) is 2. The van der Waals surface area contributed by atoms with E-state index >= 15 is 0 Å². The van der Waals surface area contributed by atoms with Gasteiger partial charge in [-0.05, 0) is 29.2 Å². The third-order valence-electron chi connectivity index (χ3n) is 4.10. The normalized spacial score (nSPS) is 17.0. The monoisotopic (exact) mass is 288 g/mol. The van der Waals surface area contributed by atoms with E-state index in [9.17, 15) is 0 Å². The van der Waals surface area contributed by atoms with Gasteiger partial charge in [-0.2, -0.15) is 0 Å². The number of benzene rings is 2. The standard InChI is InChI=1S/C20H20N2/c1-22-19-10-6-5-9-18(19)20(21)17-13-11-16(12-14-17)15-7-3-2-4-8-15/h2-8,10-14,18,21-22H,9H2,1H3. The molecule has 0 fully saturated rings. The van der Waals surface area contributed by atoms with Crippen LogP contribution in [0.4, 0.5) is 0 Å². The average Bonchev–Trinajstić information content (AvgIpc) is 2.62. The van der Waals surface area contributed by atoms with E-state index in [1.54, 1.807) is 0 Å². The van der Waals surface area contributed by atoms with E-state index in [4.69, 9.17) is 5.41 Å². The summed E-state index contributed by atoms with van der Waals surface area (Å²) < 4.78 is 0. The first-order chi connectivity index (χ1) is 10.8. The molecule has 2 nitrogen and oxygen atoms in total. The molecular weight excluding hydrogens is 268 g/mol. The van der Waals surface area contributed by atoms with Gasteiger partial charge in [0.05, 0.1) is 0 Å². The fourth-order valence-electron chi connectivity index (χ4n) is 2.83. The van der Waals surface area contributed by atoms with Crippen LogP contribution in [0.5, 0.6) is 0 Å². The molecule has 1 atom stereocenters. The number of hydrogen-bond donors (Lipinski definition) is 2. The molecular formula is C20H20N2. The summed E-state index contributed by atoms with van der Waals surface area (Å²) in [5.74, 6) is 0.123. The van der Waals surface area contributed by atoms with Gasteiger partial charge in [0.25, 0.3) is 0 Å². The molecule has 2 aromatic rings. The van der Waals surface area contributed by atoms with E-state index in [1.807, 2.05) is 31.3 Å². The molecule has 0 saturated heterocycles. The summed E-state index contributed by atoms with van der Waals surface area (Å²) in [5.41, 5.74) is 5.16. The molecule has 1 aliphatic carbocycles. The summed E-state index contributed by atoms with van der Waals surface area (Å²) in [6.45, 7) is 0. The molecule has 0 saturated carbocycles. The summed E-state index contributed by atoms with van der Waals surface area (Å²) in [5, 5.41) is 11.7. The quantitative estimate of drug-likeness (QED) is 0.804. The van der Waals surface area contributed by atoms with Crippen LogP contribution in [-0.4, -0.2) is 12.8 Å². The number of allylic oxidation sites excluding steroid dienone is 4. The van der Waals surface area contributed by atoms with Gasteiger partial charge in [0, 0.05) is 24.4 Å². The van der Waals surface area contributed by atoms with Gasteiger partial charge in [-0.3, -0.25) is 0 Å². The van der Waals surface area contributed by atoms with Crippen molar-refractivity contribution in [3.8, 4) is 11.1 Å². The minimum absolute atomic E-state index is 0.123. The first-order valence-electron chi connectivity index (χ1n) is 7.58. The van der Waals surface area contributed by atoms with Crippen molar-refractivity contribution in [1.29, 1.82) is 5.41 Å². The predicted octanol–water partition coefficient (Wildman–Crippen LogP) is 4.40. The number of rotatable bonds is 4. The summed E-state index contributed by atoms with van der Waals surface area (Å²) >= 11 is 0. The Morgan fingerprint density at radius 3 is 2.36 bits per heavy atom. The largest absolute Gasteiger partial charge is 0.391 e. The minimum atomic E-state index is 0.123. The van der Waals surface area contributed by atoms with Crippen LogP contribution in [0.25, 0.3) is 11.1 Å². The maximum Gasteiger partial charge on any atom is 0.0478 e. The van der Waals surface area contributed by atoms with Gasteiger partial charge in [0.1, 0.15) is 0 Å². The molecule has 0 spiro atoms. The molecule has 0 heterocycles. The van der Waals surface area contributed by atoms with Crippen molar-refractivity contribution in [3.63, 3.8) is 0 Å². The van der Waals surface area contributed by atoms with Crippen LogP contribution in [0.1, 0.15) is 12.0 Å². The minimum Gasteiger partial charge on any atom is -0.391 e. The molecule has 0 aromatic heterocycles. The highest BCUT2D eigenvalue weighted by molar-refractivity contribution is 6.02. The van der Waals surface area contributed by atoms with Crippen molar-refractivity contribution in [2.75, 3.05) is 7.05 Å². The van der Waals surface area contributed by atoms with Crippen molar-refractivity contribution in [3.05, 3.63) is 84.1 Å². The van der Waals surface area contributed by atoms with E-state index in [-0.39, 0.29) is 5.92 Å². The number of nitrogens with one attached hydrogen (secondary N) is 2. The van der Waals surface area contributed by atoms with Gasteiger partial charge >= 0.3 is 0 Å². The van der Waals surface area contributed by atoms with Crippen molar-refractivity contribution in [1.82, 2.24) is 5.32 Å². The molecule has 110 valence electrons. The Bertz CT molecular complexity index is 709. The van der Waals surface area contributed by atoms with E-state index in [1.165, 1.54) is 11.1 Å². The predicted molar refractivity (Wildman–Crippen MR) is 93.1 cm³/mol. The van der Waals surface area contributed by atoms with Crippen molar-refractivity contribution in [2.24, 2.45) is 5.92 Å². The Morgan fingerprint density at radius 2 is 1.68 bits per heavy atom. The Balaban J connectivity index is 1.82. The van der Waals surface area contributed by atoms with Gasteiger partial charge in [-0.1, -0.05) is 66.7 Å². The van der Waals surface area contributed by atoms with Gasteiger partial charge in [-0.15, -0.1) is 0 Å². The first-order valence-corrected chi connectivity index (χ1v) is 7.58. The molecule has 2 heteroatoms. The maximum atomic E-state index is 8.52. The molecule has 0 radical (unpaired) electrons. The zero-order valence-electron chi connectivity index (χ0n) is 12.7. The van der Waals surface area contributed by atoms with Crippen molar-refractivity contribution in [2.45, 2.75) is 6.42 Å². The fraction of sp³-hybridized carbons (Fsp3) is 0.150. The van der Waals surface area contributed by atoms with Crippen molar-refractivity contribution < 1.29 is 0 Å². The maximum absolute atomic E-state index is 8.52. The van der Waals surface area contributed by atoms with E-state index in [0.717, 1.165) is 17.7 Å². The van der Waals surface area contributed by atoms with Gasteiger partial charge in [0.15, 0.2) is 0 Å². The Labute approximate surface area is 131 Å². The molecule has 22 heavy (non-hydrogen) atoms. The molecule has 0 amide bonds. The second kappa shape index (κ2) is 6.44. The topological polar surface area (TPSA) is 35.9 Å². The fourth-order valence-corrected chi connectivity index (χ4v) is 2.83. The lowest BCUT2D eigenvalue weighted by atomic mass is 9.87. The summed E-state index contributed by atoms with van der Waals surface area (Å²) in [6, 6.07) is 18.6. The van der Waals surface area contributed by atoms with Crippen LogP contribution in [-0.2, 0) is 0 Å². The smallest absolute Gasteiger partial charge is 0.0478 e. The van der Waals surface area contributed by atoms with Crippen LogP contribution in [0.15, 0.2) is 78.5 Å². The lowest BCUT2D eigenvalue weighted by molar-refractivity contribution is 0.730. The second-order valence-electron chi connectivity index (χ2n) is 5.45. The summed E-state index contributed by atoms with van der Waals surface area (Å²) in [6.07, 6.45) is 7.11. The molecule has 3 rings (SSSR count). The first kappa shape index (κ1) is 14.3. The summed E-state index contributed by atoms with van der Waals surface area (Å²) in [4.78, 5) is 0. The second-order valence-corrected chi connectivity index (χ2v) is 5.45. The van der Waals surface area contributed by atoms with E-state index in [2.05, 4.69) is 53.9 Å². The lowest BCUT2D eigenvalue weighted by Crippen LogP contribution is -2.25. The van der Waals surface area contributed by atoms with E-state index < -0.39 is 0 Å². The van der Waals surface area contributed by atoms with Crippen LogP contribution >= 0.6 is 0 Å². The Kier molecular flexibility index (Phi) is 4.19. The molecule has 0 bridgehead atoms. The third kappa shape index (κ3) is 2.86. The highest BCUT2D eigenvalue weighted by Gasteiger charge is 2.20. The van der Waals surface area contributed by atoms with Gasteiger partial charge in [0.2, 0.25) is 0 Å². The molecule has 0 aliphatic heterocycles. The van der Waals surface area contributed by atoms with Crippen LogP contribution in [0, 0.1) is 11.3 Å². The zero-order valence-corrected chi connectivity index (χ0v) is 12.7. The van der Waals surface area contributed by atoms with Gasteiger partial charge in [-0.25, -0.2) is 0 Å². The average molecular weight is 288 g/mol. The van der Waals surface area contributed by atoms with Gasteiger partial charge < -0.3 is 10.7 Å². The van der Waals surface area contributed by atoms with Crippen LogP contribution < -0.4 is 5.32 Å². The molecule has 2 aromatic carbocycles. The highest BCUT2D eigenvalue weighted by Crippen LogP contribution is 2.25. The Morgan fingerprint density at radius 1 is 1.00 bits per heavy atom. The van der Waals surface area contributed by atoms with Crippen LogP contribution in [0.3, 0.4) is 0 Å². The van der Waals surface area contributed by atoms with E-state index in [0.29, 0.717) is 5.71 Å². The third-order valence-corrected chi connectivity index (χ3v) is 4.10. The van der Waals surface area contributed by atoms with Crippen LogP contribution in [0.2, 0.25) is 0 Å². The Hall–Kier alpha value is -2.61. The molecule has 1 aliphatic rings. The highest BCUT2D eigenvalue weighted by atomic mass is 14.8. The molecule has 1 unspecified atom stereocenters. The lowest BCUT2D eigenvalue weighted by Gasteiger charge is -2.22. The zero-order chi connectivity index (χ0) is 15.4. The summed E-state index contributed by atoms with van der Waals surface area (Å²) in [7, 11) is 1.92. The molecule has 2 N–H and O–H groups in total. The van der Waals surface area contributed by atoms with Crippen molar-refractivity contribution >= 4 is 5.71 Å².